The van der Waals surface area contributed by atoms with Crippen molar-refractivity contribution in [2.45, 2.75) is 0 Å². The van der Waals surface area contributed by atoms with Crippen molar-refractivity contribution in [1.29, 1.82) is 0 Å². The molecular weight excluding hydrogens is 154 g/mol. The minimum atomic E-state index is -2.44. The predicted molar refractivity (Wildman–Crippen MR) is 27.2 cm³/mol. The molecule has 0 spiro atoms. The average Bonchev–Trinajstić information content (AvgIpc) is 1.61. The van der Waals surface area contributed by atoms with E-state index >= 15 is 0 Å². The van der Waals surface area contributed by atoms with E-state index in [0.717, 1.165) is 0 Å². The summed E-state index contributed by atoms with van der Waals surface area (Å²) in [6, 6.07) is 0. The van der Waals surface area contributed by atoms with E-state index in [1.54, 1.807) is 0 Å². The zero-order chi connectivity index (χ0) is 6.57. The molecule has 0 aliphatic rings. The van der Waals surface area contributed by atoms with Crippen LogP contribution in [-0.4, -0.2) is 14.9 Å². The van der Waals surface area contributed by atoms with Crippen LogP contribution in [0.5, 0.6) is 0 Å². The molecular formula is CH2NO4S2-. The van der Waals surface area contributed by atoms with Crippen LogP contribution < -0.4 is 5.73 Å². The summed E-state index contributed by atoms with van der Waals surface area (Å²) < 4.78 is 22.8. The summed E-state index contributed by atoms with van der Waals surface area (Å²) in [6.07, 6.45) is -1.13. The summed E-state index contributed by atoms with van der Waals surface area (Å²) in [5, 5.41) is 0. The van der Waals surface area contributed by atoms with E-state index in [4.69, 9.17) is 0 Å². The Labute approximate surface area is 51.5 Å². The van der Waals surface area contributed by atoms with Crippen molar-refractivity contribution < 1.29 is 17.7 Å². The quantitative estimate of drug-likeness (QED) is 0.331. The van der Waals surface area contributed by atoms with Crippen LogP contribution in [0.25, 0.3) is 0 Å². The normalized spacial score (nSPS) is 12.6. The summed E-state index contributed by atoms with van der Waals surface area (Å²) in [4.78, 5) is 9.61. The number of hydrogen-bond acceptors (Lipinski definition) is 5. The van der Waals surface area contributed by atoms with E-state index < -0.39 is 16.2 Å². The van der Waals surface area contributed by atoms with Gasteiger partial charge in [0, 0.05) is 10.1 Å². The summed E-state index contributed by atoms with van der Waals surface area (Å²) in [7, 11) is -2.44. The molecule has 0 aromatic heterocycles. The molecule has 48 valence electrons. The van der Waals surface area contributed by atoms with Gasteiger partial charge in [-0.15, -0.1) is 0 Å². The van der Waals surface area contributed by atoms with Crippen molar-refractivity contribution >= 4 is 27.3 Å². The van der Waals surface area contributed by atoms with Gasteiger partial charge in [0.05, 0.1) is 0 Å². The second kappa shape index (κ2) is 3.70. The number of hydrogen-bond donors (Lipinski definition) is 1. The van der Waals surface area contributed by atoms with E-state index in [1.165, 1.54) is 0 Å². The average molecular weight is 156 g/mol. The molecule has 2 N–H and O–H groups in total. The second-order valence-corrected chi connectivity index (χ2v) is 2.61. The molecule has 0 fully saturated rings. The van der Waals surface area contributed by atoms with Crippen molar-refractivity contribution in [1.82, 2.24) is 0 Å². The Kier molecular flexibility index (Phi) is 3.57. The lowest BCUT2D eigenvalue weighted by Gasteiger charge is -1.98. The van der Waals surface area contributed by atoms with Crippen molar-refractivity contribution in [3.8, 4) is 0 Å². The van der Waals surface area contributed by atoms with Gasteiger partial charge in [-0.3, -0.25) is 4.21 Å². The van der Waals surface area contributed by atoms with Crippen LogP contribution in [0.15, 0.2) is 0 Å². The van der Waals surface area contributed by atoms with E-state index in [2.05, 4.69) is 9.92 Å². The van der Waals surface area contributed by atoms with E-state index in [-0.39, 0.29) is 11.1 Å². The number of carbonyl (C=O) groups excluding carboxylic acids is 1. The van der Waals surface area contributed by atoms with Crippen LogP contribution >= 0.6 is 11.1 Å². The third-order valence-electron chi connectivity index (χ3n) is 0.172. The third-order valence-corrected chi connectivity index (χ3v) is 1.05. The topological polar surface area (TPSA) is 92.5 Å². The van der Waals surface area contributed by atoms with E-state index in [9.17, 15) is 13.6 Å². The third kappa shape index (κ3) is 5.73. The Bertz CT molecular complexity index is 98.6. The highest BCUT2D eigenvalue weighted by Gasteiger charge is 1.91. The fourth-order valence-electron chi connectivity index (χ4n) is 0.0613. The molecule has 8 heavy (non-hydrogen) atoms. The van der Waals surface area contributed by atoms with Gasteiger partial charge in [0.2, 0.25) is 0 Å². The molecule has 0 aliphatic carbocycles. The summed E-state index contributed by atoms with van der Waals surface area (Å²) in [5.74, 6) is 0. The summed E-state index contributed by atoms with van der Waals surface area (Å²) in [5.41, 5.74) is 4.39. The smallest absolute Gasteiger partial charge is 0.417 e. The maximum atomic E-state index is 9.61. The lowest BCUT2D eigenvalue weighted by molar-refractivity contribution is 0.219. The predicted octanol–water partition coefficient (Wildman–Crippen LogP) is -0.476. The molecule has 0 bridgehead atoms. The Balaban J connectivity index is 3.18. The van der Waals surface area contributed by atoms with Gasteiger partial charge in [-0.05, 0) is 0 Å². The standard InChI is InChI=1S/CH3NO4S2/c2-1(3)6-7-8(4)5/h(H2,2,3)(H,4,5)/p-1. The zero-order valence-electron chi connectivity index (χ0n) is 3.53. The highest BCUT2D eigenvalue weighted by molar-refractivity contribution is 8.65. The van der Waals surface area contributed by atoms with Gasteiger partial charge < -0.3 is 14.5 Å². The Morgan fingerprint density at radius 2 is 2.38 bits per heavy atom. The Morgan fingerprint density at radius 1 is 1.88 bits per heavy atom. The fraction of sp³-hybridized carbons (Fsp3) is 0. The Morgan fingerprint density at radius 3 is 2.50 bits per heavy atom. The van der Waals surface area contributed by atoms with Crippen molar-refractivity contribution in [3.05, 3.63) is 0 Å². The number of rotatable bonds is 2. The van der Waals surface area contributed by atoms with Gasteiger partial charge in [-0.1, -0.05) is 0 Å². The first kappa shape index (κ1) is 7.73. The maximum absolute atomic E-state index is 9.61. The van der Waals surface area contributed by atoms with Crippen molar-refractivity contribution in [2.24, 2.45) is 5.73 Å². The molecule has 0 aliphatic heterocycles. The van der Waals surface area contributed by atoms with Crippen LogP contribution in [0.2, 0.25) is 0 Å². The first-order chi connectivity index (χ1) is 3.63. The summed E-state index contributed by atoms with van der Waals surface area (Å²) in [6.45, 7) is 0. The molecule has 5 nitrogen and oxygen atoms in total. The highest BCUT2D eigenvalue weighted by atomic mass is 33.1. The molecule has 1 unspecified atom stereocenters. The van der Waals surface area contributed by atoms with Gasteiger partial charge in [0.25, 0.3) is 0 Å². The van der Waals surface area contributed by atoms with Gasteiger partial charge in [0.15, 0.2) is 0 Å². The SMILES string of the molecule is NC(=O)OSS(=O)[O-]. The second-order valence-electron chi connectivity index (χ2n) is 0.675. The molecule has 7 heteroatoms. The lowest BCUT2D eigenvalue weighted by atomic mass is 11.3. The van der Waals surface area contributed by atoms with Crippen LogP contribution in [-0.2, 0) is 14.3 Å². The van der Waals surface area contributed by atoms with Gasteiger partial charge >= 0.3 is 6.09 Å². The number of amides is 1. The highest BCUT2D eigenvalue weighted by Crippen LogP contribution is 2.03. The van der Waals surface area contributed by atoms with Crippen LogP contribution in [0.4, 0.5) is 4.79 Å². The summed E-state index contributed by atoms with van der Waals surface area (Å²) >= 11 is -0.0185. The first-order valence-electron chi connectivity index (χ1n) is 1.36. The molecule has 1 atom stereocenters. The lowest BCUT2D eigenvalue weighted by Crippen LogP contribution is -2.08. The maximum Gasteiger partial charge on any atom is 0.417 e. The van der Waals surface area contributed by atoms with Gasteiger partial charge in [-0.25, -0.2) is 4.79 Å². The van der Waals surface area contributed by atoms with Gasteiger partial charge in [0.1, 0.15) is 11.1 Å². The van der Waals surface area contributed by atoms with E-state index in [1.807, 2.05) is 0 Å². The molecule has 0 heterocycles. The number of nitrogens with two attached hydrogens (primary N) is 1. The molecule has 0 saturated carbocycles. The molecule has 1 amide bonds. The van der Waals surface area contributed by atoms with Crippen LogP contribution in [0.1, 0.15) is 0 Å². The first-order valence-corrected chi connectivity index (χ1v) is 3.70. The molecule has 0 aromatic rings. The monoisotopic (exact) mass is 156 g/mol. The molecule has 0 rings (SSSR count). The Hall–Kier alpha value is -0.270. The molecule has 0 saturated heterocycles. The van der Waals surface area contributed by atoms with Crippen molar-refractivity contribution in [2.75, 3.05) is 0 Å². The zero-order valence-corrected chi connectivity index (χ0v) is 5.16. The number of carbonyl (C=O) groups is 1. The minimum absolute atomic E-state index is 0.0185. The molecule has 0 radical (unpaired) electrons. The minimum Gasteiger partial charge on any atom is -0.761 e. The van der Waals surface area contributed by atoms with Crippen molar-refractivity contribution in [3.63, 3.8) is 0 Å². The number of primary amides is 1. The largest absolute Gasteiger partial charge is 0.761 e. The van der Waals surface area contributed by atoms with Gasteiger partial charge in [-0.2, -0.15) is 0 Å². The molecule has 0 aromatic carbocycles. The van der Waals surface area contributed by atoms with Crippen LogP contribution in [0.3, 0.4) is 0 Å². The van der Waals surface area contributed by atoms with E-state index in [0.29, 0.717) is 0 Å². The fourth-order valence-corrected chi connectivity index (χ4v) is 0.552. The van der Waals surface area contributed by atoms with Crippen LogP contribution in [0, 0.1) is 0 Å².